The van der Waals surface area contributed by atoms with Crippen molar-refractivity contribution in [1.82, 2.24) is 5.32 Å². The van der Waals surface area contributed by atoms with Crippen LogP contribution in [0, 0.1) is 0 Å². The number of nitrogens with one attached hydrogen (secondary N) is 2. The van der Waals surface area contributed by atoms with Crippen LogP contribution in [0.5, 0.6) is 0 Å². The average molecular weight is 234 g/mol. The summed E-state index contributed by atoms with van der Waals surface area (Å²) < 4.78 is 0. The molecular formula is C13H18N2O2. The van der Waals surface area contributed by atoms with Gasteiger partial charge in [0.15, 0.2) is 0 Å². The van der Waals surface area contributed by atoms with Gasteiger partial charge in [-0.3, -0.25) is 0 Å². The molecule has 0 bridgehead atoms. The van der Waals surface area contributed by atoms with Gasteiger partial charge in [0.05, 0.1) is 5.56 Å². The van der Waals surface area contributed by atoms with E-state index in [1.807, 2.05) is 6.07 Å². The standard InChI is InChI=1S/C13H18N2O2/c16-13(17)10-4-3-6-11(8-10)15-9-12-5-1-2-7-14-12/h3-4,6,8,12,14-15H,1-2,5,7,9H2,(H,16,17). The lowest BCUT2D eigenvalue weighted by molar-refractivity contribution is 0.0697. The van der Waals surface area contributed by atoms with Crippen molar-refractivity contribution < 1.29 is 9.90 Å². The molecule has 0 spiro atoms. The van der Waals surface area contributed by atoms with Gasteiger partial charge in [0.2, 0.25) is 0 Å². The van der Waals surface area contributed by atoms with E-state index in [-0.39, 0.29) is 0 Å². The van der Waals surface area contributed by atoms with Crippen LogP contribution in [-0.2, 0) is 0 Å². The molecule has 1 atom stereocenters. The number of hydrogen-bond donors (Lipinski definition) is 3. The Balaban J connectivity index is 1.89. The Morgan fingerprint density at radius 1 is 1.47 bits per heavy atom. The zero-order valence-corrected chi connectivity index (χ0v) is 9.78. The molecule has 4 heteroatoms. The third kappa shape index (κ3) is 3.46. The Kier molecular flexibility index (Phi) is 3.98. The summed E-state index contributed by atoms with van der Waals surface area (Å²) in [5.74, 6) is -0.885. The van der Waals surface area contributed by atoms with E-state index < -0.39 is 5.97 Å². The highest BCUT2D eigenvalue weighted by atomic mass is 16.4. The molecule has 0 aliphatic carbocycles. The van der Waals surface area contributed by atoms with Crippen molar-refractivity contribution in [2.24, 2.45) is 0 Å². The summed E-state index contributed by atoms with van der Waals surface area (Å²) in [5, 5.41) is 15.6. The molecule has 1 aromatic carbocycles. The van der Waals surface area contributed by atoms with Gasteiger partial charge in [-0.25, -0.2) is 4.79 Å². The molecule has 1 saturated heterocycles. The van der Waals surface area contributed by atoms with Crippen molar-refractivity contribution in [2.45, 2.75) is 25.3 Å². The number of hydrogen-bond acceptors (Lipinski definition) is 3. The number of benzene rings is 1. The average Bonchev–Trinajstić information content (AvgIpc) is 2.38. The summed E-state index contributed by atoms with van der Waals surface area (Å²) in [6, 6.07) is 7.43. The summed E-state index contributed by atoms with van der Waals surface area (Å²) in [6.45, 7) is 1.94. The van der Waals surface area contributed by atoms with Crippen LogP contribution in [0.1, 0.15) is 29.6 Å². The number of anilines is 1. The predicted octanol–water partition coefficient (Wildman–Crippen LogP) is 1.94. The highest BCUT2D eigenvalue weighted by Crippen LogP contribution is 2.12. The smallest absolute Gasteiger partial charge is 0.335 e. The van der Waals surface area contributed by atoms with Crippen molar-refractivity contribution in [3.63, 3.8) is 0 Å². The molecule has 1 heterocycles. The zero-order chi connectivity index (χ0) is 12.1. The highest BCUT2D eigenvalue weighted by molar-refractivity contribution is 5.88. The SMILES string of the molecule is O=C(O)c1cccc(NCC2CCCCN2)c1. The second kappa shape index (κ2) is 5.68. The fraction of sp³-hybridized carbons (Fsp3) is 0.462. The van der Waals surface area contributed by atoms with Crippen molar-refractivity contribution in [3.8, 4) is 0 Å². The molecule has 0 radical (unpaired) electrons. The molecule has 0 saturated carbocycles. The van der Waals surface area contributed by atoms with Gasteiger partial charge in [-0.05, 0) is 37.6 Å². The maximum absolute atomic E-state index is 10.8. The number of carbonyl (C=O) groups is 1. The Morgan fingerprint density at radius 3 is 3.06 bits per heavy atom. The summed E-state index contributed by atoms with van der Waals surface area (Å²) >= 11 is 0. The molecule has 0 aromatic heterocycles. The fourth-order valence-electron chi connectivity index (χ4n) is 2.10. The van der Waals surface area contributed by atoms with E-state index in [9.17, 15) is 4.79 Å². The van der Waals surface area contributed by atoms with Gasteiger partial charge in [-0.2, -0.15) is 0 Å². The second-order valence-electron chi connectivity index (χ2n) is 4.41. The van der Waals surface area contributed by atoms with E-state index in [2.05, 4.69) is 10.6 Å². The quantitative estimate of drug-likeness (QED) is 0.745. The van der Waals surface area contributed by atoms with E-state index in [1.54, 1.807) is 18.2 Å². The molecule has 1 aromatic rings. The summed E-state index contributed by atoms with van der Waals surface area (Å²) in [5.41, 5.74) is 1.20. The Bertz CT molecular complexity index is 387. The first-order valence-electron chi connectivity index (χ1n) is 6.06. The first-order chi connectivity index (χ1) is 8.25. The van der Waals surface area contributed by atoms with E-state index in [1.165, 1.54) is 19.3 Å². The third-order valence-electron chi connectivity index (χ3n) is 3.07. The van der Waals surface area contributed by atoms with Crippen molar-refractivity contribution >= 4 is 11.7 Å². The molecule has 4 nitrogen and oxygen atoms in total. The summed E-state index contributed by atoms with van der Waals surface area (Å²) in [6.07, 6.45) is 3.71. The molecule has 1 aliphatic rings. The molecular weight excluding hydrogens is 216 g/mol. The minimum atomic E-state index is -0.885. The first kappa shape index (κ1) is 11.9. The Hall–Kier alpha value is -1.55. The number of carboxylic acid groups (broad SMARTS) is 1. The maximum atomic E-state index is 10.8. The molecule has 2 rings (SSSR count). The van der Waals surface area contributed by atoms with Crippen LogP contribution in [-0.4, -0.2) is 30.2 Å². The first-order valence-corrected chi connectivity index (χ1v) is 6.06. The molecule has 3 N–H and O–H groups in total. The molecule has 1 unspecified atom stereocenters. The van der Waals surface area contributed by atoms with Crippen LogP contribution in [0.3, 0.4) is 0 Å². The lowest BCUT2D eigenvalue weighted by Crippen LogP contribution is -2.39. The van der Waals surface area contributed by atoms with Gasteiger partial charge >= 0.3 is 5.97 Å². The normalized spacial score (nSPS) is 19.9. The molecule has 92 valence electrons. The van der Waals surface area contributed by atoms with E-state index in [0.29, 0.717) is 11.6 Å². The van der Waals surface area contributed by atoms with Gasteiger partial charge in [0, 0.05) is 18.3 Å². The van der Waals surface area contributed by atoms with E-state index in [0.717, 1.165) is 18.8 Å². The van der Waals surface area contributed by atoms with Crippen molar-refractivity contribution in [1.29, 1.82) is 0 Å². The second-order valence-corrected chi connectivity index (χ2v) is 4.41. The van der Waals surface area contributed by atoms with Crippen molar-refractivity contribution in [3.05, 3.63) is 29.8 Å². The van der Waals surface area contributed by atoms with Gasteiger partial charge in [0.25, 0.3) is 0 Å². The van der Waals surface area contributed by atoms with Crippen LogP contribution in [0.15, 0.2) is 24.3 Å². The monoisotopic (exact) mass is 234 g/mol. The van der Waals surface area contributed by atoms with Gasteiger partial charge < -0.3 is 15.7 Å². The van der Waals surface area contributed by atoms with Gasteiger partial charge in [0.1, 0.15) is 0 Å². The van der Waals surface area contributed by atoms with Crippen LogP contribution < -0.4 is 10.6 Å². The lowest BCUT2D eigenvalue weighted by Gasteiger charge is -2.24. The van der Waals surface area contributed by atoms with Crippen LogP contribution in [0.2, 0.25) is 0 Å². The number of carboxylic acids is 1. The van der Waals surface area contributed by atoms with E-state index in [4.69, 9.17) is 5.11 Å². The molecule has 17 heavy (non-hydrogen) atoms. The largest absolute Gasteiger partial charge is 0.478 e. The van der Waals surface area contributed by atoms with Crippen LogP contribution >= 0.6 is 0 Å². The molecule has 0 amide bonds. The fourth-order valence-corrected chi connectivity index (χ4v) is 2.10. The van der Waals surface area contributed by atoms with Crippen LogP contribution in [0.25, 0.3) is 0 Å². The zero-order valence-electron chi connectivity index (χ0n) is 9.78. The summed E-state index contributed by atoms with van der Waals surface area (Å²) in [4.78, 5) is 10.8. The molecule has 1 aliphatic heterocycles. The third-order valence-corrected chi connectivity index (χ3v) is 3.07. The Labute approximate surface area is 101 Å². The van der Waals surface area contributed by atoms with Gasteiger partial charge in [-0.1, -0.05) is 12.5 Å². The minimum absolute atomic E-state index is 0.326. The topological polar surface area (TPSA) is 61.4 Å². The van der Waals surface area contributed by atoms with Crippen LogP contribution in [0.4, 0.5) is 5.69 Å². The van der Waals surface area contributed by atoms with Crippen molar-refractivity contribution in [2.75, 3.05) is 18.4 Å². The Morgan fingerprint density at radius 2 is 2.35 bits per heavy atom. The summed E-state index contributed by atoms with van der Waals surface area (Å²) in [7, 11) is 0. The number of aromatic carboxylic acids is 1. The van der Waals surface area contributed by atoms with Gasteiger partial charge in [-0.15, -0.1) is 0 Å². The predicted molar refractivity (Wildman–Crippen MR) is 67.5 cm³/mol. The minimum Gasteiger partial charge on any atom is -0.478 e. The number of rotatable bonds is 4. The maximum Gasteiger partial charge on any atom is 0.335 e. The lowest BCUT2D eigenvalue weighted by atomic mass is 10.1. The highest BCUT2D eigenvalue weighted by Gasteiger charge is 2.12. The number of piperidine rings is 1. The molecule has 1 fully saturated rings. The van der Waals surface area contributed by atoms with E-state index >= 15 is 0 Å².